The predicted octanol–water partition coefficient (Wildman–Crippen LogP) is 6.07. The van der Waals surface area contributed by atoms with Crippen molar-refractivity contribution in [2.75, 3.05) is 0 Å². The molecule has 0 heterocycles. The molecule has 0 N–H and O–H groups in total. The third kappa shape index (κ3) is 6.15. The van der Waals surface area contributed by atoms with Crippen molar-refractivity contribution in [3.63, 3.8) is 0 Å². The maximum atomic E-state index is 5.78. The van der Waals surface area contributed by atoms with Crippen LogP contribution in [-0.4, -0.2) is 0 Å². The second-order valence-electron chi connectivity index (χ2n) is 5.76. The highest BCUT2D eigenvalue weighted by Crippen LogP contribution is 2.16. The van der Waals surface area contributed by atoms with Gasteiger partial charge in [0.15, 0.2) is 0 Å². The molecule has 0 atom stereocenters. The minimum absolute atomic E-state index is 0.614. The predicted molar refractivity (Wildman–Crippen MR) is 96.9 cm³/mol. The van der Waals surface area contributed by atoms with E-state index < -0.39 is 0 Å². The number of thiol groups is 1. The lowest BCUT2D eigenvalue weighted by molar-refractivity contribution is 0.306. The Balaban J connectivity index is 1.73. The summed E-state index contributed by atoms with van der Waals surface area (Å²) in [5.41, 5.74) is 2.64. The molecule has 0 amide bonds. The zero-order chi connectivity index (χ0) is 15.6. The Bertz CT molecular complexity index is 531. The molecule has 2 aromatic rings. The molecule has 0 aromatic heterocycles. The quantitative estimate of drug-likeness (QED) is 0.437. The first-order chi connectivity index (χ1) is 10.8. The van der Waals surface area contributed by atoms with E-state index >= 15 is 0 Å². The second-order valence-corrected chi connectivity index (χ2v) is 6.28. The summed E-state index contributed by atoms with van der Waals surface area (Å²) < 4.78 is 5.78. The fourth-order valence-electron chi connectivity index (χ4n) is 2.44. The maximum absolute atomic E-state index is 5.78. The van der Waals surface area contributed by atoms with Gasteiger partial charge in [0.25, 0.3) is 0 Å². The van der Waals surface area contributed by atoms with Gasteiger partial charge in [0, 0.05) is 4.90 Å². The van der Waals surface area contributed by atoms with E-state index in [0.29, 0.717) is 6.61 Å². The summed E-state index contributed by atoms with van der Waals surface area (Å²) in [4.78, 5) is 0.954. The number of unbranched alkanes of at least 4 members (excludes halogenated alkanes) is 4. The average molecular weight is 314 g/mol. The molecule has 2 heteroatoms. The van der Waals surface area contributed by atoms with Gasteiger partial charge in [-0.3, -0.25) is 0 Å². The van der Waals surface area contributed by atoms with Gasteiger partial charge in [-0.25, -0.2) is 0 Å². The first kappa shape index (κ1) is 17.0. The van der Waals surface area contributed by atoms with Crippen LogP contribution in [-0.2, 0) is 13.0 Å². The van der Waals surface area contributed by atoms with Gasteiger partial charge in [0.2, 0.25) is 0 Å². The lowest BCUT2D eigenvalue weighted by Crippen LogP contribution is -1.95. The van der Waals surface area contributed by atoms with Crippen molar-refractivity contribution in [3.05, 3.63) is 59.7 Å². The minimum atomic E-state index is 0.614. The highest BCUT2D eigenvalue weighted by Gasteiger charge is 1.98. The summed E-state index contributed by atoms with van der Waals surface area (Å²) in [6, 6.07) is 16.6. The molecular weight excluding hydrogens is 288 g/mol. The van der Waals surface area contributed by atoms with Crippen LogP contribution in [0.5, 0.6) is 5.75 Å². The monoisotopic (exact) mass is 314 g/mol. The van der Waals surface area contributed by atoms with Crippen LogP contribution in [0.25, 0.3) is 0 Å². The number of ether oxygens (including phenoxy) is 1. The molecule has 0 unspecified atom stereocenters. The summed E-state index contributed by atoms with van der Waals surface area (Å²) in [5.74, 6) is 0.887. The van der Waals surface area contributed by atoms with Crippen molar-refractivity contribution in [1.82, 2.24) is 0 Å². The summed E-state index contributed by atoms with van der Waals surface area (Å²) in [6.45, 7) is 2.87. The average Bonchev–Trinajstić information content (AvgIpc) is 2.55. The van der Waals surface area contributed by atoms with E-state index in [1.165, 1.54) is 49.7 Å². The third-order valence-corrected chi connectivity index (χ3v) is 4.13. The van der Waals surface area contributed by atoms with Crippen molar-refractivity contribution in [2.45, 2.75) is 57.0 Å². The van der Waals surface area contributed by atoms with E-state index in [9.17, 15) is 0 Å². The minimum Gasteiger partial charge on any atom is -0.489 e. The maximum Gasteiger partial charge on any atom is 0.119 e. The zero-order valence-corrected chi connectivity index (χ0v) is 14.3. The Kier molecular flexibility index (Phi) is 7.38. The van der Waals surface area contributed by atoms with Gasteiger partial charge in [0.1, 0.15) is 12.4 Å². The molecule has 0 fully saturated rings. The van der Waals surface area contributed by atoms with Gasteiger partial charge < -0.3 is 4.74 Å². The van der Waals surface area contributed by atoms with Crippen LogP contribution >= 0.6 is 12.6 Å². The molecule has 0 spiro atoms. The summed E-state index contributed by atoms with van der Waals surface area (Å²) in [5, 5.41) is 0. The van der Waals surface area contributed by atoms with Crippen LogP contribution in [0.2, 0.25) is 0 Å². The first-order valence-electron chi connectivity index (χ1n) is 8.27. The van der Waals surface area contributed by atoms with E-state index in [1.54, 1.807) is 0 Å². The van der Waals surface area contributed by atoms with Crippen molar-refractivity contribution in [1.29, 1.82) is 0 Å². The number of rotatable bonds is 9. The number of benzene rings is 2. The fraction of sp³-hybridized carbons (Fsp3) is 0.400. The van der Waals surface area contributed by atoms with E-state index in [1.807, 2.05) is 24.3 Å². The first-order valence-corrected chi connectivity index (χ1v) is 8.72. The molecule has 118 valence electrons. The third-order valence-electron chi connectivity index (χ3n) is 3.83. The zero-order valence-electron chi connectivity index (χ0n) is 13.4. The molecule has 0 bridgehead atoms. The van der Waals surface area contributed by atoms with Crippen LogP contribution in [0.1, 0.15) is 50.2 Å². The number of aryl methyl sites for hydroxylation is 1. The Labute approximate surface area is 140 Å². The molecule has 2 rings (SSSR count). The Morgan fingerprint density at radius 3 is 2.09 bits per heavy atom. The van der Waals surface area contributed by atoms with Gasteiger partial charge in [0.05, 0.1) is 0 Å². The molecule has 0 radical (unpaired) electrons. The smallest absolute Gasteiger partial charge is 0.119 e. The topological polar surface area (TPSA) is 9.23 Å². The molecular formula is C20H26OS. The van der Waals surface area contributed by atoms with Crippen molar-refractivity contribution < 1.29 is 4.74 Å². The molecule has 2 aromatic carbocycles. The van der Waals surface area contributed by atoms with Gasteiger partial charge in [-0.2, -0.15) is 0 Å². The lowest BCUT2D eigenvalue weighted by atomic mass is 10.0. The van der Waals surface area contributed by atoms with Gasteiger partial charge in [-0.1, -0.05) is 56.9 Å². The molecule has 0 aliphatic heterocycles. The van der Waals surface area contributed by atoms with E-state index in [4.69, 9.17) is 4.74 Å². The highest BCUT2D eigenvalue weighted by atomic mass is 32.1. The van der Waals surface area contributed by atoms with E-state index in [0.717, 1.165) is 10.6 Å². The lowest BCUT2D eigenvalue weighted by Gasteiger charge is -2.07. The Morgan fingerprint density at radius 1 is 0.773 bits per heavy atom. The van der Waals surface area contributed by atoms with Crippen LogP contribution in [0, 0.1) is 0 Å². The standard InChI is InChI=1S/C20H26OS/c1-2-3-4-5-6-7-17-8-10-18(11-9-17)16-21-19-12-14-20(22)15-13-19/h8-15,22H,2-7,16H2,1H3. The Hall–Kier alpha value is -1.41. The van der Waals surface area contributed by atoms with Crippen molar-refractivity contribution >= 4 is 12.6 Å². The largest absolute Gasteiger partial charge is 0.489 e. The highest BCUT2D eigenvalue weighted by molar-refractivity contribution is 7.80. The van der Waals surface area contributed by atoms with Crippen molar-refractivity contribution in [3.8, 4) is 5.75 Å². The van der Waals surface area contributed by atoms with Gasteiger partial charge >= 0.3 is 0 Å². The molecule has 1 nitrogen and oxygen atoms in total. The van der Waals surface area contributed by atoms with Gasteiger partial charge in [-0.05, 0) is 48.2 Å². The van der Waals surface area contributed by atoms with Crippen LogP contribution in [0.4, 0.5) is 0 Å². The van der Waals surface area contributed by atoms with E-state index in [-0.39, 0.29) is 0 Å². The van der Waals surface area contributed by atoms with Crippen LogP contribution in [0.15, 0.2) is 53.4 Å². The molecule has 0 aliphatic carbocycles. The fourth-order valence-corrected chi connectivity index (χ4v) is 2.59. The van der Waals surface area contributed by atoms with Gasteiger partial charge in [-0.15, -0.1) is 12.6 Å². The van der Waals surface area contributed by atoms with Crippen molar-refractivity contribution in [2.24, 2.45) is 0 Å². The van der Waals surface area contributed by atoms with Crippen LogP contribution < -0.4 is 4.74 Å². The molecule has 22 heavy (non-hydrogen) atoms. The summed E-state index contributed by atoms with van der Waals surface area (Å²) in [6.07, 6.45) is 7.88. The number of hydrogen-bond acceptors (Lipinski definition) is 2. The Morgan fingerprint density at radius 2 is 1.41 bits per heavy atom. The normalized spacial score (nSPS) is 10.6. The summed E-state index contributed by atoms with van der Waals surface area (Å²) >= 11 is 4.27. The van der Waals surface area contributed by atoms with Crippen LogP contribution in [0.3, 0.4) is 0 Å². The number of hydrogen-bond donors (Lipinski definition) is 1. The molecule has 0 aliphatic rings. The summed E-state index contributed by atoms with van der Waals surface area (Å²) in [7, 11) is 0. The van der Waals surface area contributed by atoms with E-state index in [2.05, 4.69) is 43.8 Å². The second kappa shape index (κ2) is 9.58. The molecule has 0 saturated carbocycles. The SMILES string of the molecule is CCCCCCCc1ccc(COc2ccc(S)cc2)cc1. The molecule has 0 saturated heterocycles.